The second-order valence-electron chi connectivity index (χ2n) is 3.49. The third kappa shape index (κ3) is 12.5. The van der Waals surface area contributed by atoms with E-state index in [2.05, 4.69) is 55.4 Å². The molecule has 0 saturated heterocycles. The van der Waals surface area contributed by atoms with Crippen LogP contribution in [-0.2, 0) is 24.2 Å². The summed E-state index contributed by atoms with van der Waals surface area (Å²) in [6, 6.07) is 0. The van der Waals surface area contributed by atoms with E-state index in [1.54, 1.807) is 0 Å². The Labute approximate surface area is 133 Å². The molecule has 17 heavy (non-hydrogen) atoms. The van der Waals surface area contributed by atoms with Gasteiger partial charge < -0.3 is 0 Å². The van der Waals surface area contributed by atoms with Crippen molar-refractivity contribution < 1.29 is 24.2 Å². The first-order valence-electron chi connectivity index (χ1n) is 5.02. The van der Waals surface area contributed by atoms with Gasteiger partial charge in [0.2, 0.25) is 0 Å². The summed E-state index contributed by atoms with van der Waals surface area (Å²) in [5.74, 6) is 0. The average Bonchev–Trinajstić information content (AvgIpc) is 2.82. The van der Waals surface area contributed by atoms with Crippen LogP contribution in [0.5, 0.6) is 0 Å². The molecule has 0 fully saturated rings. The molecule has 3 heteroatoms. The summed E-state index contributed by atoms with van der Waals surface area (Å²) < 4.78 is 3.34. The van der Waals surface area contributed by atoms with Crippen molar-refractivity contribution in [2.24, 2.45) is 0 Å². The van der Waals surface area contributed by atoms with Crippen molar-refractivity contribution in [2.75, 3.05) is 0 Å². The molecule has 0 aliphatic heterocycles. The zero-order chi connectivity index (χ0) is 11.7. The van der Waals surface area contributed by atoms with Crippen LogP contribution in [0, 0.1) is 12.2 Å². The van der Waals surface area contributed by atoms with Crippen LogP contribution in [0.2, 0.25) is 0 Å². The van der Waals surface area contributed by atoms with Gasteiger partial charge in [0, 0.05) is 0 Å². The fourth-order valence-corrected chi connectivity index (χ4v) is 1.27. The van der Waals surface area contributed by atoms with Crippen molar-refractivity contribution in [3.05, 3.63) is 47.1 Å². The van der Waals surface area contributed by atoms with Crippen molar-refractivity contribution in [1.29, 1.82) is 0 Å². The van der Waals surface area contributed by atoms with E-state index < -0.39 is 0 Å². The molecule has 0 amide bonds. The first-order chi connectivity index (χ1) is 7.18. The molecule has 0 aromatic carbocycles. The molecule has 0 saturated carbocycles. The molecule has 0 spiro atoms. The van der Waals surface area contributed by atoms with Gasteiger partial charge in [0.25, 0.3) is 0 Å². The Bertz CT molecular complexity index is 309. The molecule has 2 rings (SSSR count). The molecule has 0 heterocycles. The van der Waals surface area contributed by atoms with Crippen molar-refractivity contribution >= 4 is 29.0 Å². The summed E-state index contributed by atoms with van der Waals surface area (Å²) in [5.41, 5.74) is 3.99. The number of halogens is 2. The van der Waals surface area contributed by atoms with E-state index in [0.29, 0.717) is 0 Å². The molecule has 2 aliphatic carbocycles. The summed E-state index contributed by atoms with van der Waals surface area (Å²) in [6.45, 7) is 6.27. The molecule has 0 aromatic heterocycles. The molecule has 0 nitrogen and oxygen atoms in total. The summed E-state index contributed by atoms with van der Waals surface area (Å²) in [6.07, 6.45) is 14.7. The zero-order valence-corrected chi connectivity index (χ0v) is 14.8. The number of hydrogen-bond donors (Lipinski definition) is 0. The maximum absolute atomic E-state index is 3.34. The summed E-state index contributed by atoms with van der Waals surface area (Å²) in [4.78, 5) is 0. The molecule has 0 N–H and O–H groups in total. The van der Waals surface area contributed by atoms with Crippen LogP contribution in [0.15, 0.2) is 34.9 Å². The van der Waals surface area contributed by atoms with Gasteiger partial charge in [0.1, 0.15) is 0 Å². The quantitative estimate of drug-likeness (QED) is 0.561. The van der Waals surface area contributed by atoms with Crippen molar-refractivity contribution in [3.63, 3.8) is 0 Å². The molecule has 2 aliphatic rings. The summed E-state index contributed by atoms with van der Waals surface area (Å²) in [7, 11) is 0. The van der Waals surface area contributed by atoms with E-state index >= 15 is 0 Å². The van der Waals surface area contributed by atoms with Gasteiger partial charge in [-0.05, 0) is 0 Å². The van der Waals surface area contributed by atoms with Gasteiger partial charge in [-0.3, -0.25) is 12.2 Å². The van der Waals surface area contributed by atoms with Gasteiger partial charge in [-0.2, -0.15) is 11.6 Å². The standard InChI is InChI=1S/C7H9.C6H7.CH2.2ClH.Zr/c1-6-3-4-7(2)5-6;1-6-4-2-3-5-6;;;;/h5H,3H2,1-2H3;2,4H,3H2,1H3;1H2;2*1H;/q2*-1;;;;+2. The second kappa shape index (κ2) is 14.4. The maximum atomic E-state index is 3.34. The Morgan fingerprint density at radius 2 is 1.65 bits per heavy atom. The van der Waals surface area contributed by atoms with Gasteiger partial charge in [-0.25, -0.2) is 23.3 Å². The van der Waals surface area contributed by atoms with Crippen molar-refractivity contribution in [2.45, 2.75) is 33.6 Å². The average molecular weight is 350 g/mol. The Hall–Kier alpha value is 0.293. The first kappa shape index (κ1) is 22.5. The molecular weight excluding hydrogens is 330 g/mol. The van der Waals surface area contributed by atoms with E-state index in [1.807, 2.05) is 0 Å². The van der Waals surface area contributed by atoms with Crippen molar-refractivity contribution in [3.8, 4) is 0 Å². The molecule has 94 valence electrons. The van der Waals surface area contributed by atoms with Crippen LogP contribution in [0.1, 0.15) is 33.6 Å². The predicted molar refractivity (Wildman–Crippen MR) is 78.6 cm³/mol. The van der Waals surface area contributed by atoms with E-state index in [0.717, 1.165) is 12.8 Å². The van der Waals surface area contributed by atoms with E-state index in [9.17, 15) is 0 Å². The molecule has 0 atom stereocenters. The topological polar surface area (TPSA) is 0 Å². The summed E-state index contributed by atoms with van der Waals surface area (Å²) in [5, 5.41) is 0. The van der Waals surface area contributed by atoms with Crippen molar-refractivity contribution in [1.82, 2.24) is 0 Å². The minimum atomic E-state index is 0. The van der Waals surface area contributed by atoms with E-state index in [4.69, 9.17) is 0 Å². The number of hydrogen-bond acceptors (Lipinski definition) is 0. The Morgan fingerprint density at radius 1 is 1.06 bits per heavy atom. The fraction of sp³-hybridized carbons (Fsp3) is 0.357. The molecule has 0 unspecified atom stereocenters. The van der Waals surface area contributed by atoms with Gasteiger partial charge in [-0.1, -0.05) is 20.8 Å². The van der Waals surface area contributed by atoms with E-state index in [1.165, 1.54) is 41.0 Å². The normalized spacial score (nSPS) is 14.8. The van der Waals surface area contributed by atoms with Crippen LogP contribution in [-0.4, -0.2) is 4.21 Å². The monoisotopic (exact) mass is 348 g/mol. The molecule has 0 bridgehead atoms. The Kier molecular flexibility index (Phi) is 19.0. The van der Waals surface area contributed by atoms with Gasteiger partial charge in [0.15, 0.2) is 0 Å². The van der Waals surface area contributed by atoms with Crippen LogP contribution >= 0.6 is 24.8 Å². The first-order valence-corrected chi connectivity index (χ1v) is 6.76. The fourth-order valence-electron chi connectivity index (χ4n) is 1.27. The SMILES string of the molecule is CC1=[C-]CC(C)=C1.CC1=[C-]CC=C1.Cl.Cl.[CH2]=[Zr+2]. The van der Waals surface area contributed by atoms with E-state index in [-0.39, 0.29) is 24.8 Å². The zero-order valence-electron chi connectivity index (χ0n) is 10.7. The predicted octanol–water partition coefficient (Wildman–Crippen LogP) is 4.59. The second-order valence-corrected chi connectivity index (χ2v) is 3.49. The van der Waals surface area contributed by atoms with Gasteiger partial charge >= 0.3 is 28.4 Å². The summed E-state index contributed by atoms with van der Waals surface area (Å²) >= 11 is 1.30. The molecule has 0 aromatic rings. The van der Waals surface area contributed by atoms with Gasteiger partial charge in [0.05, 0.1) is 0 Å². The molecular formula is C14H20Cl2Zr. The van der Waals surface area contributed by atoms with Crippen LogP contribution < -0.4 is 0 Å². The molecule has 0 radical (unpaired) electrons. The van der Waals surface area contributed by atoms with Crippen LogP contribution in [0.4, 0.5) is 0 Å². The van der Waals surface area contributed by atoms with Crippen LogP contribution in [0.3, 0.4) is 0 Å². The Balaban J connectivity index is -0.000000184. The number of rotatable bonds is 0. The Morgan fingerprint density at radius 3 is 1.76 bits per heavy atom. The third-order valence-electron chi connectivity index (χ3n) is 1.98. The van der Waals surface area contributed by atoms with Gasteiger partial charge in [-0.15, -0.1) is 37.7 Å². The third-order valence-corrected chi connectivity index (χ3v) is 1.98. The minimum absolute atomic E-state index is 0. The van der Waals surface area contributed by atoms with Crippen LogP contribution in [0.25, 0.3) is 0 Å². The number of allylic oxidation sites excluding steroid dienone is 8.